The monoisotopic (exact) mass is 188 g/mol. The summed E-state index contributed by atoms with van der Waals surface area (Å²) in [5.41, 5.74) is 5.67. The molecule has 0 radical (unpaired) electrons. The van der Waals surface area contributed by atoms with Gasteiger partial charge in [-0.3, -0.25) is 0 Å². The first-order valence-corrected chi connectivity index (χ1v) is 5.83. The first kappa shape index (κ1) is 10.4. The van der Waals surface area contributed by atoms with Gasteiger partial charge in [0.1, 0.15) is 0 Å². The van der Waals surface area contributed by atoms with E-state index < -0.39 is 0 Å². The molecule has 3 heteroatoms. The second-order valence-corrected chi connectivity index (χ2v) is 5.48. The van der Waals surface area contributed by atoms with Crippen LogP contribution in [0.5, 0.6) is 0 Å². The third-order valence-corrected chi connectivity index (χ3v) is 3.25. The molecule has 1 aliphatic heterocycles. The average Bonchev–Trinajstić information content (AvgIpc) is 1.93. The number of nitrogens with zero attached hydrogens (tertiary/aromatic N) is 1. The number of nitrogens with two attached hydrogens (primary N) is 1. The van der Waals surface area contributed by atoms with E-state index in [1.807, 2.05) is 0 Å². The molecule has 12 heavy (non-hydrogen) atoms. The van der Waals surface area contributed by atoms with Crippen LogP contribution < -0.4 is 5.73 Å². The van der Waals surface area contributed by atoms with Gasteiger partial charge in [0.15, 0.2) is 0 Å². The summed E-state index contributed by atoms with van der Waals surface area (Å²) >= 11 is 2.05. The summed E-state index contributed by atoms with van der Waals surface area (Å²) in [6, 6.07) is 0.461. The molecule has 72 valence electrons. The Kier molecular flexibility index (Phi) is 4.40. The van der Waals surface area contributed by atoms with Gasteiger partial charge in [0.05, 0.1) is 0 Å². The van der Waals surface area contributed by atoms with Crippen molar-refractivity contribution in [2.45, 2.75) is 31.6 Å². The highest BCUT2D eigenvalue weighted by Crippen LogP contribution is 2.12. The third kappa shape index (κ3) is 3.78. The minimum absolute atomic E-state index is 0.461. The summed E-state index contributed by atoms with van der Waals surface area (Å²) in [7, 11) is 0. The zero-order chi connectivity index (χ0) is 8.97. The zero-order valence-corrected chi connectivity index (χ0v) is 8.94. The van der Waals surface area contributed by atoms with Crippen molar-refractivity contribution in [2.24, 2.45) is 5.73 Å². The van der Waals surface area contributed by atoms with Crippen molar-refractivity contribution in [3.8, 4) is 0 Å². The number of hydrogen-bond donors (Lipinski definition) is 1. The van der Waals surface area contributed by atoms with Gasteiger partial charge in [0, 0.05) is 19.1 Å². The van der Waals surface area contributed by atoms with E-state index in [0.717, 1.165) is 18.3 Å². The quantitative estimate of drug-likeness (QED) is 0.657. The minimum atomic E-state index is 0.461. The summed E-state index contributed by atoms with van der Waals surface area (Å²) in [5, 5.41) is 0.781. The molecule has 1 saturated heterocycles. The van der Waals surface area contributed by atoms with Crippen LogP contribution in [0.3, 0.4) is 0 Å². The molecule has 1 aliphatic rings. The molecule has 0 atom stereocenters. The summed E-state index contributed by atoms with van der Waals surface area (Å²) in [6.45, 7) is 7.99. The van der Waals surface area contributed by atoms with Crippen LogP contribution in [0.4, 0.5) is 0 Å². The Bertz CT molecular complexity index is 122. The fourth-order valence-electron chi connectivity index (χ4n) is 1.40. The highest BCUT2D eigenvalue weighted by molar-refractivity contribution is 7.99. The van der Waals surface area contributed by atoms with Crippen LogP contribution in [-0.2, 0) is 0 Å². The zero-order valence-electron chi connectivity index (χ0n) is 8.12. The van der Waals surface area contributed by atoms with Crippen molar-refractivity contribution in [1.82, 2.24) is 4.90 Å². The van der Waals surface area contributed by atoms with Crippen molar-refractivity contribution in [1.29, 1.82) is 0 Å². The Morgan fingerprint density at radius 3 is 2.67 bits per heavy atom. The SMILES string of the molecule is CC(C)SCCCN1CC(N)C1. The number of thioether (sulfide) groups is 1. The van der Waals surface area contributed by atoms with Gasteiger partial charge < -0.3 is 10.6 Å². The highest BCUT2D eigenvalue weighted by Gasteiger charge is 2.21. The Hall–Kier alpha value is 0.270. The molecule has 0 saturated carbocycles. The lowest BCUT2D eigenvalue weighted by atomic mass is 10.1. The molecule has 0 amide bonds. The van der Waals surface area contributed by atoms with Crippen LogP contribution in [0.25, 0.3) is 0 Å². The van der Waals surface area contributed by atoms with E-state index in [2.05, 4.69) is 30.5 Å². The molecule has 1 fully saturated rings. The van der Waals surface area contributed by atoms with Gasteiger partial charge in [-0.25, -0.2) is 0 Å². The normalized spacial score (nSPS) is 20.0. The first-order chi connectivity index (χ1) is 5.68. The summed E-state index contributed by atoms with van der Waals surface area (Å²) < 4.78 is 0. The standard InChI is InChI=1S/C9H20N2S/c1-8(2)12-5-3-4-11-6-9(10)7-11/h8-9H,3-7,10H2,1-2H3. The maximum absolute atomic E-state index is 5.67. The number of hydrogen-bond acceptors (Lipinski definition) is 3. The van der Waals surface area contributed by atoms with E-state index in [1.165, 1.54) is 18.7 Å². The second kappa shape index (κ2) is 5.10. The van der Waals surface area contributed by atoms with Gasteiger partial charge in [0.2, 0.25) is 0 Å². The minimum Gasteiger partial charge on any atom is -0.325 e. The van der Waals surface area contributed by atoms with E-state index in [0.29, 0.717) is 6.04 Å². The number of rotatable bonds is 5. The van der Waals surface area contributed by atoms with Gasteiger partial charge >= 0.3 is 0 Å². The van der Waals surface area contributed by atoms with E-state index in [1.54, 1.807) is 0 Å². The molecule has 1 heterocycles. The lowest BCUT2D eigenvalue weighted by Gasteiger charge is -2.36. The van der Waals surface area contributed by atoms with E-state index in [-0.39, 0.29) is 0 Å². The Balaban J connectivity index is 1.83. The third-order valence-electron chi connectivity index (χ3n) is 2.06. The Morgan fingerprint density at radius 1 is 1.50 bits per heavy atom. The molecule has 0 aromatic carbocycles. The van der Waals surface area contributed by atoms with Crippen molar-refractivity contribution in [3.05, 3.63) is 0 Å². The molecule has 0 aromatic rings. The Labute approximate surface area is 79.9 Å². The molecule has 1 rings (SSSR count). The van der Waals surface area contributed by atoms with Crippen molar-refractivity contribution >= 4 is 11.8 Å². The second-order valence-electron chi connectivity index (χ2n) is 3.79. The van der Waals surface area contributed by atoms with Gasteiger partial charge in [-0.05, 0) is 24.0 Å². The fourth-order valence-corrected chi connectivity index (χ4v) is 2.17. The number of likely N-dealkylation sites (tertiary alicyclic amines) is 1. The van der Waals surface area contributed by atoms with Gasteiger partial charge in [-0.2, -0.15) is 11.8 Å². The van der Waals surface area contributed by atoms with E-state index in [4.69, 9.17) is 5.73 Å². The highest BCUT2D eigenvalue weighted by atomic mass is 32.2. The van der Waals surface area contributed by atoms with Crippen LogP contribution in [0.15, 0.2) is 0 Å². The maximum atomic E-state index is 5.67. The topological polar surface area (TPSA) is 29.3 Å². The largest absolute Gasteiger partial charge is 0.325 e. The van der Waals surface area contributed by atoms with Crippen LogP contribution in [0.2, 0.25) is 0 Å². The lowest BCUT2D eigenvalue weighted by Crippen LogP contribution is -2.55. The van der Waals surface area contributed by atoms with Crippen molar-refractivity contribution in [2.75, 3.05) is 25.4 Å². The van der Waals surface area contributed by atoms with Crippen LogP contribution in [0.1, 0.15) is 20.3 Å². The van der Waals surface area contributed by atoms with Crippen molar-refractivity contribution < 1.29 is 0 Å². The van der Waals surface area contributed by atoms with E-state index >= 15 is 0 Å². The van der Waals surface area contributed by atoms with Crippen LogP contribution in [0, 0.1) is 0 Å². The average molecular weight is 188 g/mol. The molecule has 0 aromatic heterocycles. The molecule has 0 aliphatic carbocycles. The first-order valence-electron chi connectivity index (χ1n) is 4.78. The molecular formula is C9H20N2S. The molecule has 0 spiro atoms. The molecular weight excluding hydrogens is 168 g/mol. The predicted octanol–water partition coefficient (Wildman–Crippen LogP) is 1.16. The van der Waals surface area contributed by atoms with E-state index in [9.17, 15) is 0 Å². The van der Waals surface area contributed by atoms with Crippen LogP contribution in [-0.4, -0.2) is 41.6 Å². The molecule has 2 N–H and O–H groups in total. The predicted molar refractivity (Wildman–Crippen MR) is 56.6 cm³/mol. The smallest absolute Gasteiger partial charge is 0.0297 e. The Morgan fingerprint density at radius 2 is 2.17 bits per heavy atom. The molecule has 0 bridgehead atoms. The van der Waals surface area contributed by atoms with Gasteiger partial charge in [-0.1, -0.05) is 13.8 Å². The summed E-state index contributed by atoms with van der Waals surface area (Å²) in [4.78, 5) is 2.44. The lowest BCUT2D eigenvalue weighted by molar-refractivity contribution is 0.152. The molecule has 2 nitrogen and oxygen atoms in total. The van der Waals surface area contributed by atoms with Gasteiger partial charge in [0.25, 0.3) is 0 Å². The summed E-state index contributed by atoms with van der Waals surface area (Å²) in [5.74, 6) is 1.30. The fraction of sp³-hybridized carbons (Fsp3) is 1.00. The molecule has 0 unspecified atom stereocenters. The summed E-state index contributed by atoms with van der Waals surface area (Å²) in [6.07, 6.45) is 1.32. The maximum Gasteiger partial charge on any atom is 0.0297 e. The van der Waals surface area contributed by atoms with Crippen molar-refractivity contribution in [3.63, 3.8) is 0 Å². The van der Waals surface area contributed by atoms with Crippen LogP contribution >= 0.6 is 11.8 Å². The van der Waals surface area contributed by atoms with Gasteiger partial charge in [-0.15, -0.1) is 0 Å².